The molecule has 0 radical (unpaired) electrons. The van der Waals surface area contributed by atoms with E-state index in [2.05, 4.69) is 20.9 Å². The molecule has 41 heavy (non-hydrogen) atoms. The van der Waals surface area contributed by atoms with Gasteiger partial charge < -0.3 is 15.6 Å². The molecule has 0 aliphatic carbocycles. The van der Waals surface area contributed by atoms with Gasteiger partial charge in [0.25, 0.3) is 0 Å². The number of hydrogen-bond acceptors (Lipinski definition) is 5. The zero-order valence-corrected chi connectivity index (χ0v) is 22.9. The average Bonchev–Trinajstić information content (AvgIpc) is 3.64. The molecule has 3 aliphatic heterocycles. The molecule has 206 valence electrons. The zero-order valence-electron chi connectivity index (χ0n) is 22.9. The molecule has 4 atom stereocenters. The Bertz CT molecular complexity index is 1790. The Morgan fingerprint density at radius 2 is 1.76 bits per heavy atom. The van der Waals surface area contributed by atoms with E-state index >= 15 is 0 Å². The fraction of sp³-hybridized carbons (Fsp3) is 0.250. The summed E-state index contributed by atoms with van der Waals surface area (Å²) in [5, 5.41) is 10.3. The number of imide groups is 1. The Labute approximate surface area is 236 Å². The van der Waals surface area contributed by atoms with E-state index in [1.165, 1.54) is 11.8 Å². The number of aromatic nitrogens is 1. The molecule has 0 unspecified atom stereocenters. The van der Waals surface area contributed by atoms with Crippen molar-refractivity contribution in [1.29, 1.82) is 0 Å². The van der Waals surface area contributed by atoms with Crippen LogP contribution in [0.3, 0.4) is 0 Å². The molecule has 7 rings (SSSR count). The van der Waals surface area contributed by atoms with E-state index in [9.17, 15) is 19.2 Å². The lowest BCUT2D eigenvalue weighted by atomic mass is 9.75. The minimum Gasteiger partial charge on any atom is -0.361 e. The van der Waals surface area contributed by atoms with Gasteiger partial charge >= 0.3 is 0 Å². The smallest absolute Gasteiger partial charge is 0.250 e. The van der Waals surface area contributed by atoms with Gasteiger partial charge in [-0.3, -0.25) is 24.5 Å². The van der Waals surface area contributed by atoms with Crippen LogP contribution in [0.1, 0.15) is 29.2 Å². The maximum atomic E-state index is 14.3. The van der Waals surface area contributed by atoms with Crippen LogP contribution in [0, 0.1) is 25.7 Å². The Hall–Kier alpha value is -4.76. The van der Waals surface area contributed by atoms with Gasteiger partial charge in [-0.2, -0.15) is 0 Å². The summed E-state index contributed by atoms with van der Waals surface area (Å²) < 4.78 is 0. The SMILES string of the molecule is CC(=O)Nc1ccc(N2C(=O)[C@H]3[C@@H](C2=O)[C@]2(N[C@@H]3Cc3c[nH]c4ccccc34)C(=O)Nc3c(C)cc(C)cc32)cc1. The number of para-hydroxylation sites is 1. The van der Waals surface area contributed by atoms with Gasteiger partial charge in [-0.1, -0.05) is 35.9 Å². The van der Waals surface area contributed by atoms with Crippen LogP contribution in [0.15, 0.2) is 66.9 Å². The highest BCUT2D eigenvalue weighted by molar-refractivity contribution is 6.26. The Balaban J connectivity index is 1.35. The van der Waals surface area contributed by atoms with Crippen LogP contribution in [0.25, 0.3) is 10.9 Å². The summed E-state index contributed by atoms with van der Waals surface area (Å²) in [4.78, 5) is 58.5. The van der Waals surface area contributed by atoms with E-state index in [1.54, 1.807) is 24.3 Å². The quantitative estimate of drug-likeness (QED) is 0.289. The first-order chi connectivity index (χ1) is 19.7. The number of carbonyl (C=O) groups is 4. The molecule has 3 aromatic carbocycles. The molecule has 0 bridgehead atoms. The normalized spacial score (nSPS) is 24.7. The summed E-state index contributed by atoms with van der Waals surface area (Å²) in [5.41, 5.74) is 4.85. The number of benzene rings is 3. The number of carbonyl (C=O) groups excluding carboxylic acids is 4. The van der Waals surface area contributed by atoms with E-state index in [0.717, 1.165) is 27.6 Å². The van der Waals surface area contributed by atoms with Gasteiger partial charge in [0.15, 0.2) is 0 Å². The van der Waals surface area contributed by atoms with Crippen LogP contribution in [0.4, 0.5) is 17.1 Å². The number of aryl methyl sites for hydroxylation is 2. The van der Waals surface area contributed by atoms with Crippen molar-refractivity contribution < 1.29 is 19.2 Å². The van der Waals surface area contributed by atoms with E-state index in [1.807, 2.05) is 56.4 Å². The van der Waals surface area contributed by atoms with Gasteiger partial charge in [0.1, 0.15) is 5.54 Å². The molecular weight excluding hydrogens is 518 g/mol. The summed E-state index contributed by atoms with van der Waals surface area (Å²) in [5.74, 6) is -2.98. The molecule has 9 heteroatoms. The number of fused-ring (bicyclic) bond motifs is 5. The largest absolute Gasteiger partial charge is 0.361 e. The number of nitrogens with one attached hydrogen (secondary N) is 4. The number of amides is 4. The lowest BCUT2D eigenvalue weighted by Gasteiger charge is -2.30. The number of aromatic amines is 1. The van der Waals surface area contributed by atoms with E-state index in [-0.39, 0.29) is 17.7 Å². The molecule has 4 amide bonds. The molecular formula is C32H29N5O4. The zero-order chi connectivity index (χ0) is 28.6. The fourth-order valence-corrected chi connectivity index (χ4v) is 7.12. The first kappa shape index (κ1) is 25.2. The first-order valence-electron chi connectivity index (χ1n) is 13.7. The van der Waals surface area contributed by atoms with Crippen LogP contribution in [-0.4, -0.2) is 34.7 Å². The van der Waals surface area contributed by atoms with Crippen molar-refractivity contribution in [3.8, 4) is 0 Å². The van der Waals surface area contributed by atoms with E-state index in [0.29, 0.717) is 29.0 Å². The van der Waals surface area contributed by atoms with Gasteiger partial charge in [0, 0.05) is 47.0 Å². The number of H-pyrrole nitrogens is 1. The fourth-order valence-electron chi connectivity index (χ4n) is 7.12. The third-order valence-corrected chi connectivity index (χ3v) is 8.73. The third-order valence-electron chi connectivity index (χ3n) is 8.73. The molecule has 2 saturated heterocycles. The summed E-state index contributed by atoms with van der Waals surface area (Å²) in [6.07, 6.45) is 2.39. The molecule has 1 spiro atoms. The highest BCUT2D eigenvalue weighted by atomic mass is 16.2. The van der Waals surface area contributed by atoms with Crippen molar-refractivity contribution in [1.82, 2.24) is 10.3 Å². The van der Waals surface area contributed by atoms with Gasteiger partial charge in [-0.05, 0) is 61.7 Å². The van der Waals surface area contributed by atoms with Crippen LogP contribution in [0.2, 0.25) is 0 Å². The second-order valence-electron chi connectivity index (χ2n) is 11.3. The molecule has 4 N–H and O–H groups in total. The molecule has 3 aliphatic rings. The number of rotatable bonds is 4. The van der Waals surface area contributed by atoms with Crippen molar-refractivity contribution in [3.05, 3.63) is 89.1 Å². The molecule has 4 heterocycles. The molecule has 9 nitrogen and oxygen atoms in total. The summed E-state index contributed by atoms with van der Waals surface area (Å²) >= 11 is 0. The topological polar surface area (TPSA) is 123 Å². The molecule has 1 aromatic heterocycles. The molecule has 2 fully saturated rings. The predicted molar refractivity (Wildman–Crippen MR) is 155 cm³/mol. The van der Waals surface area contributed by atoms with Crippen molar-refractivity contribution in [2.75, 3.05) is 15.5 Å². The van der Waals surface area contributed by atoms with Crippen molar-refractivity contribution in [3.63, 3.8) is 0 Å². The highest BCUT2D eigenvalue weighted by Crippen LogP contribution is 2.54. The molecule has 0 saturated carbocycles. The van der Waals surface area contributed by atoms with Crippen LogP contribution in [-0.2, 0) is 31.1 Å². The van der Waals surface area contributed by atoms with Gasteiger partial charge in [0.2, 0.25) is 23.6 Å². The average molecular weight is 548 g/mol. The summed E-state index contributed by atoms with van der Waals surface area (Å²) in [7, 11) is 0. The summed E-state index contributed by atoms with van der Waals surface area (Å²) in [6, 6.07) is 18.0. The lowest BCUT2D eigenvalue weighted by molar-refractivity contribution is -0.130. The Kier molecular flexibility index (Phi) is 5.46. The van der Waals surface area contributed by atoms with Gasteiger partial charge in [-0.15, -0.1) is 0 Å². The highest BCUT2D eigenvalue weighted by Gasteiger charge is 2.70. The van der Waals surface area contributed by atoms with Gasteiger partial charge in [0.05, 0.1) is 17.5 Å². The number of anilines is 3. The Morgan fingerprint density at radius 1 is 1.00 bits per heavy atom. The van der Waals surface area contributed by atoms with Gasteiger partial charge in [-0.25, -0.2) is 4.90 Å². The lowest BCUT2D eigenvalue weighted by Crippen LogP contribution is -2.53. The predicted octanol–water partition coefficient (Wildman–Crippen LogP) is 3.91. The minimum atomic E-state index is -1.38. The van der Waals surface area contributed by atoms with Crippen LogP contribution in [0.5, 0.6) is 0 Å². The number of hydrogen-bond donors (Lipinski definition) is 4. The number of nitrogens with zero attached hydrogens (tertiary/aromatic N) is 1. The standard InChI is InChI=1S/C32H29N5O4/c1-16-12-17(2)28-23(13-16)32(31(41)35-28)27-26(25(36-32)14-19-15-33-24-7-5-4-6-22(19)24)29(39)37(30(27)40)21-10-8-20(9-11-21)34-18(3)38/h4-13,15,25-27,33,36H,14H2,1-3H3,(H,34,38)(H,35,41)/t25-,26-,27+,32+/m1/s1. The van der Waals surface area contributed by atoms with Crippen molar-refractivity contribution in [2.24, 2.45) is 11.8 Å². The first-order valence-corrected chi connectivity index (χ1v) is 13.7. The molecule has 4 aromatic rings. The second-order valence-corrected chi connectivity index (χ2v) is 11.3. The van der Waals surface area contributed by atoms with Crippen LogP contribution >= 0.6 is 0 Å². The van der Waals surface area contributed by atoms with E-state index in [4.69, 9.17) is 0 Å². The Morgan fingerprint density at radius 3 is 2.51 bits per heavy atom. The van der Waals surface area contributed by atoms with E-state index < -0.39 is 29.3 Å². The van der Waals surface area contributed by atoms with Crippen molar-refractivity contribution >= 4 is 51.6 Å². The third kappa shape index (κ3) is 3.58. The van der Waals surface area contributed by atoms with Crippen molar-refractivity contribution in [2.45, 2.75) is 38.8 Å². The minimum absolute atomic E-state index is 0.217. The second kappa shape index (κ2) is 8.87. The maximum Gasteiger partial charge on any atom is 0.250 e. The monoisotopic (exact) mass is 547 g/mol. The maximum absolute atomic E-state index is 14.3. The summed E-state index contributed by atoms with van der Waals surface area (Å²) in [6.45, 7) is 5.31. The van der Waals surface area contributed by atoms with Crippen LogP contribution < -0.4 is 20.9 Å².